The lowest BCUT2D eigenvalue weighted by Gasteiger charge is -2.27. The van der Waals surface area contributed by atoms with E-state index in [1.54, 1.807) is 18.6 Å². The van der Waals surface area contributed by atoms with Gasteiger partial charge in [0.2, 0.25) is 5.95 Å². The second-order valence-electron chi connectivity index (χ2n) is 8.36. The number of imidazole rings is 1. The number of pyridine rings is 1. The van der Waals surface area contributed by atoms with Crippen LogP contribution in [0.15, 0.2) is 49.3 Å². The van der Waals surface area contributed by atoms with Crippen LogP contribution in [-0.4, -0.2) is 35.4 Å². The highest BCUT2D eigenvalue weighted by Gasteiger charge is 2.19. The zero-order valence-electron chi connectivity index (χ0n) is 17.8. The summed E-state index contributed by atoms with van der Waals surface area (Å²) in [6, 6.07) is 4.38. The van der Waals surface area contributed by atoms with Crippen molar-refractivity contribution < 1.29 is 0 Å². The topological polar surface area (TPSA) is 92.9 Å². The van der Waals surface area contributed by atoms with E-state index in [0.29, 0.717) is 17.8 Å². The van der Waals surface area contributed by atoms with E-state index >= 15 is 0 Å². The molecular weight excluding hydrogens is 388 g/mol. The second kappa shape index (κ2) is 8.29. The molecule has 1 fully saturated rings. The molecule has 4 aromatic heterocycles. The molecule has 31 heavy (non-hydrogen) atoms. The van der Waals surface area contributed by atoms with Gasteiger partial charge in [0.25, 0.3) is 0 Å². The van der Waals surface area contributed by atoms with Crippen LogP contribution in [0, 0.1) is 12.8 Å². The van der Waals surface area contributed by atoms with Crippen LogP contribution in [0.4, 0.5) is 17.3 Å². The fourth-order valence-electron chi connectivity index (χ4n) is 4.00. The first-order valence-corrected chi connectivity index (χ1v) is 10.8. The fraction of sp³-hybridized carbons (Fsp3) is 0.348. The largest absolute Gasteiger partial charge is 0.352 e. The van der Waals surface area contributed by atoms with Crippen molar-refractivity contribution in [3.05, 3.63) is 54.9 Å². The summed E-state index contributed by atoms with van der Waals surface area (Å²) >= 11 is 0. The molecular formula is C23H26N8. The lowest BCUT2D eigenvalue weighted by molar-refractivity contribution is 0.360. The number of fused-ring (bicyclic) bond motifs is 1. The Morgan fingerprint density at radius 1 is 0.935 bits per heavy atom. The zero-order chi connectivity index (χ0) is 21.2. The molecule has 4 aromatic rings. The molecule has 1 aliphatic rings. The number of rotatable bonds is 5. The van der Waals surface area contributed by atoms with Crippen molar-refractivity contribution in [3.63, 3.8) is 0 Å². The van der Waals surface area contributed by atoms with Crippen molar-refractivity contribution in [1.29, 1.82) is 0 Å². The van der Waals surface area contributed by atoms with Crippen molar-refractivity contribution in [2.45, 2.75) is 45.6 Å². The maximum atomic E-state index is 4.72. The smallest absolute Gasteiger partial charge is 0.223 e. The first-order valence-electron chi connectivity index (χ1n) is 10.8. The van der Waals surface area contributed by atoms with Gasteiger partial charge in [-0.25, -0.2) is 24.9 Å². The van der Waals surface area contributed by atoms with E-state index in [9.17, 15) is 0 Å². The summed E-state index contributed by atoms with van der Waals surface area (Å²) in [5.74, 6) is 2.06. The number of hydrogen-bond acceptors (Lipinski definition) is 7. The third-order valence-electron chi connectivity index (χ3n) is 5.86. The van der Waals surface area contributed by atoms with E-state index in [4.69, 9.17) is 4.98 Å². The molecule has 158 valence electrons. The van der Waals surface area contributed by atoms with Gasteiger partial charge in [0.05, 0.1) is 23.8 Å². The van der Waals surface area contributed by atoms with E-state index in [2.05, 4.69) is 37.5 Å². The van der Waals surface area contributed by atoms with Crippen LogP contribution in [-0.2, 0) is 0 Å². The number of nitrogens with zero attached hydrogens (tertiary/aromatic N) is 6. The molecule has 8 nitrogen and oxygen atoms in total. The average Bonchev–Trinajstić information content (AvgIpc) is 3.25. The third kappa shape index (κ3) is 4.33. The molecule has 4 heterocycles. The molecule has 8 heteroatoms. The Morgan fingerprint density at radius 2 is 1.74 bits per heavy atom. The first kappa shape index (κ1) is 19.4. The molecule has 0 amide bonds. The molecule has 0 saturated heterocycles. The van der Waals surface area contributed by atoms with E-state index < -0.39 is 0 Å². The Balaban J connectivity index is 1.31. The van der Waals surface area contributed by atoms with Crippen molar-refractivity contribution in [2.75, 3.05) is 10.6 Å². The van der Waals surface area contributed by atoms with Gasteiger partial charge in [-0.2, -0.15) is 0 Å². The monoisotopic (exact) mass is 414 g/mol. The minimum Gasteiger partial charge on any atom is -0.352 e. The summed E-state index contributed by atoms with van der Waals surface area (Å²) in [7, 11) is 0. The van der Waals surface area contributed by atoms with Gasteiger partial charge in [-0.3, -0.25) is 0 Å². The Kier molecular flexibility index (Phi) is 5.19. The van der Waals surface area contributed by atoms with Crippen LogP contribution in [0.1, 0.15) is 38.2 Å². The third-order valence-corrected chi connectivity index (χ3v) is 5.86. The quantitative estimate of drug-likeness (QED) is 0.492. The van der Waals surface area contributed by atoms with E-state index in [-0.39, 0.29) is 0 Å². The predicted molar refractivity (Wildman–Crippen MR) is 121 cm³/mol. The highest BCUT2D eigenvalue weighted by atomic mass is 15.1. The molecule has 5 rings (SSSR count). The second-order valence-corrected chi connectivity index (χ2v) is 8.36. The SMILES string of the molecule is Cc1cnc(NC2CCC(C)CC2)nc1-c1ncc(Nc2ccc3nccn3c2)cn1. The van der Waals surface area contributed by atoms with E-state index in [1.807, 2.05) is 42.0 Å². The summed E-state index contributed by atoms with van der Waals surface area (Å²) < 4.78 is 1.96. The Bertz CT molecular complexity index is 1180. The van der Waals surface area contributed by atoms with Gasteiger partial charge in [0.15, 0.2) is 5.82 Å². The molecule has 0 unspecified atom stereocenters. The summed E-state index contributed by atoms with van der Waals surface area (Å²) in [6.07, 6.45) is 15.9. The average molecular weight is 415 g/mol. The van der Waals surface area contributed by atoms with Gasteiger partial charge in [0.1, 0.15) is 11.3 Å². The number of aryl methyl sites for hydroxylation is 1. The Morgan fingerprint density at radius 3 is 2.55 bits per heavy atom. The van der Waals surface area contributed by atoms with Crippen LogP contribution >= 0.6 is 0 Å². The minimum absolute atomic E-state index is 0.437. The van der Waals surface area contributed by atoms with Crippen molar-refractivity contribution in [1.82, 2.24) is 29.3 Å². The van der Waals surface area contributed by atoms with Gasteiger partial charge in [-0.05, 0) is 56.2 Å². The zero-order valence-corrected chi connectivity index (χ0v) is 17.8. The van der Waals surface area contributed by atoms with Crippen LogP contribution < -0.4 is 10.6 Å². The van der Waals surface area contributed by atoms with Crippen LogP contribution in [0.25, 0.3) is 17.2 Å². The van der Waals surface area contributed by atoms with E-state index in [1.165, 1.54) is 12.8 Å². The van der Waals surface area contributed by atoms with Gasteiger partial charge in [-0.15, -0.1) is 0 Å². The van der Waals surface area contributed by atoms with Gasteiger partial charge in [0, 0.05) is 30.8 Å². The lowest BCUT2D eigenvalue weighted by Crippen LogP contribution is -2.26. The Labute approximate surface area is 181 Å². The van der Waals surface area contributed by atoms with Crippen LogP contribution in [0.5, 0.6) is 0 Å². The summed E-state index contributed by atoms with van der Waals surface area (Å²) in [5, 5.41) is 6.83. The van der Waals surface area contributed by atoms with Gasteiger partial charge in [-0.1, -0.05) is 6.92 Å². The van der Waals surface area contributed by atoms with Gasteiger partial charge < -0.3 is 15.0 Å². The maximum absolute atomic E-state index is 4.72. The fourth-order valence-corrected chi connectivity index (χ4v) is 4.00. The summed E-state index contributed by atoms with van der Waals surface area (Å²) in [6.45, 7) is 4.31. The molecule has 0 aliphatic heterocycles. The minimum atomic E-state index is 0.437. The number of anilines is 3. The van der Waals surface area contributed by atoms with Crippen LogP contribution in [0.2, 0.25) is 0 Å². The van der Waals surface area contributed by atoms with Crippen molar-refractivity contribution >= 4 is 23.0 Å². The molecule has 0 aromatic carbocycles. The highest BCUT2D eigenvalue weighted by Crippen LogP contribution is 2.26. The van der Waals surface area contributed by atoms with Gasteiger partial charge >= 0.3 is 0 Å². The van der Waals surface area contributed by atoms with Crippen molar-refractivity contribution in [2.24, 2.45) is 5.92 Å². The molecule has 1 saturated carbocycles. The van der Waals surface area contributed by atoms with Crippen LogP contribution in [0.3, 0.4) is 0 Å². The lowest BCUT2D eigenvalue weighted by atomic mass is 9.87. The molecule has 0 spiro atoms. The standard InChI is InChI=1S/C23H26N8/c1-15-3-5-17(6-4-15)29-23-27-11-16(2)21(30-23)22-25-12-19(13-26-22)28-18-7-8-20-24-9-10-31(20)14-18/h7-15,17,28H,3-6H2,1-2H3,(H,27,29,30). The van der Waals surface area contributed by atoms with Crippen molar-refractivity contribution in [3.8, 4) is 11.5 Å². The molecule has 0 atom stereocenters. The number of aromatic nitrogens is 6. The van der Waals surface area contributed by atoms with E-state index in [0.717, 1.165) is 47.0 Å². The maximum Gasteiger partial charge on any atom is 0.223 e. The molecule has 0 bridgehead atoms. The highest BCUT2D eigenvalue weighted by molar-refractivity contribution is 5.62. The number of hydrogen-bond donors (Lipinski definition) is 2. The summed E-state index contributed by atoms with van der Waals surface area (Å²) in [4.78, 5) is 22.5. The molecule has 2 N–H and O–H groups in total. The summed E-state index contributed by atoms with van der Waals surface area (Å²) in [5.41, 5.74) is 4.36. The normalized spacial score (nSPS) is 18.8. The molecule has 0 radical (unpaired) electrons. The Hall–Kier alpha value is -3.55. The number of nitrogens with one attached hydrogen (secondary N) is 2. The first-order chi connectivity index (χ1) is 15.1. The molecule has 1 aliphatic carbocycles. The predicted octanol–water partition coefficient (Wildman–Crippen LogP) is 4.62.